The van der Waals surface area contributed by atoms with Crippen LogP contribution in [0.25, 0.3) is 22.8 Å². The Bertz CT molecular complexity index is 1220. The number of benzene rings is 2. The van der Waals surface area contributed by atoms with Gasteiger partial charge in [-0.1, -0.05) is 17.3 Å². The van der Waals surface area contributed by atoms with Gasteiger partial charge in [-0.25, -0.2) is 0 Å². The average molecular weight is 492 g/mol. The normalized spacial score (nSPS) is 16.6. The van der Waals surface area contributed by atoms with Gasteiger partial charge in [0.1, 0.15) is 5.75 Å². The molecule has 3 aromatic rings. The fourth-order valence-corrected chi connectivity index (χ4v) is 4.66. The highest BCUT2D eigenvalue weighted by Crippen LogP contribution is 2.30. The zero-order valence-corrected chi connectivity index (χ0v) is 20.9. The Morgan fingerprint density at radius 2 is 1.78 bits per heavy atom. The molecule has 0 saturated carbocycles. The van der Waals surface area contributed by atoms with Crippen LogP contribution in [0.5, 0.6) is 5.75 Å². The van der Waals surface area contributed by atoms with Crippen LogP contribution in [0, 0.1) is 0 Å². The Hall–Kier alpha value is -3.43. The number of amides is 1. The fraction of sp³-hybridized carbons (Fsp3) is 0.444. The van der Waals surface area contributed by atoms with Crippen molar-refractivity contribution in [2.75, 3.05) is 51.7 Å². The van der Waals surface area contributed by atoms with E-state index >= 15 is 0 Å². The molecule has 3 heterocycles. The molecule has 0 atom stereocenters. The monoisotopic (exact) mass is 491 g/mol. The summed E-state index contributed by atoms with van der Waals surface area (Å²) in [6.45, 7) is 8.86. The number of nitrogens with zero attached hydrogens (tertiary/aromatic N) is 4. The van der Waals surface area contributed by atoms with Crippen LogP contribution in [0.3, 0.4) is 0 Å². The lowest BCUT2D eigenvalue weighted by Crippen LogP contribution is -2.45. The van der Waals surface area contributed by atoms with Crippen molar-refractivity contribution in [3.05, 3.63) is 47.5 Å². The van der Waals surface area contributed by atoms with Gasteiger partial charge < -0.3 is 24.6 Å². The van der Waals surface area contributed by atoms with Gasteiger partial charge in [0.2, 0.25) is 11.7 Å². The molecule has 1 amide bonds. The number of morpholine rings is 1. The molecule has 1 fully saturated rings. The van der Waals surface area contributed by atoms with Gasteiger partial charge in [-0.15, -0.1) is 0 Å². The van der Waals surface area contributed by atoms with E-state index < -0.39 is 0 Å². The van der Waals surface area contributed by atoms with Gasteiger partial charge in [0.25, 0.3) is 5.89 Å². The Morgan fingerprint density at radius 1 is 1.03 bits per heavy atom. The average Bonchev–Trinajstić information content (AvgIpc) is 3.26. The number of aromatic nitrogens is 2. The van der Waals surface area contributed by atoms with Crippen LogP contribution >= 0.6 is 0 Å². The zero-order valence-electron chi connectivity index (χ0n) is 20.9. The number of hydrogen-bond acceptors (Lipinski definition) is 8. The standard InChI is InChI=1S/C27H33N5O4/c1-18(2)35-24-6-5-22(16-23(24)28)27-29-26(30-36-27)21-4-3-19-7-9-32(10-8-20(19)15-21)25(33)17-31-11-13-34-14-12-31/h3-6,15-16,18H,7-14,17,28H2,1-2H3. The van der Waals surface area contributed by atoms with Crippen molar-refractivity contribution in [1.29, 1.82) is 0 Å². The van der Waals surface area contributed by atoms with E-state index in [4.69, 9.17) is 19.7 Å². The summed E-state index contributed by atoms with van der Waals surface area (Å²) in [7, 11) is 0. The van der Waals surface area contributed by atoms with Gasteiger partial charge in [-0.3, -0.25) is 9.69 Å². The summed E-state index contributed by atoms with van der Waals surface area (Å²) in [4.78, 5) is 21.7. The van der Waals surface area contributed by atoms with Crippen molar-refractivity contribution in [2.24, 2.45) is 0 Å². The fourth-order valence-electron chi connectivity index (χ4n) is 4.66. The van der Waals surface area contributed by atoms with Crippen molar-refractivity contribution in [1.82, 2.24) is 19.9 Å². The van der Waals surface area contributed by atoms with Gasteiger partial charge >= 0.3 is 0 Å². The highest BCUT2D eigenvalue weighted by molar-refractivity contribution is 5.78. The molecule has 9 heteroatoms. The van der Waals surface area contributed by atoms with Gasteiger partial charge in [0, 0.05) is 37.3 Å². The Morgan fingerprint density at radius 3 is 2.53 bits per heavy atom. The second kappa shape index (κ2) is 10.7. The first-order chi connectivity index (χ1) is 17.5. The summed E-state index contributed by atoms with van der Waals surface area (Å²) < 4.78 is 16.6. The van der Waals surface area contributed by atoms with Crippen LogP contribution in [0.4, 0.5) is 5.69 Å². The third-order valence-electron chi connectivity index (χ3n) is 6.63. The van der Waals surface area contributed by atoms with E-state index in [9.17, 15) is 4.79 Å². The molecule has 0 radical (unpaired) electrons. The van der Waals surface area contributed by atoms with E-state index in [0.29, 0.717) is 49.5 Å². The molecule has 2 aliphatic heterocycles. The van der Waals surface area contributed by atoms with Crippen LogP contribution < -0.4 is 10.5 Å². The lowest BCUT2D eigenvalue weighted by atomic mass is 10.00. The van der Waals surface area contributed by atoms with E-state index in [1.54, 1.807) is 6.07 Å². The minimum Gasteiger partial charge on any atom is -0.489 e. The molecule has 36 heavy (non-hydrogen) atoms. The van der Waals surface area contributed by atoms with Crippen LogP contribution in [-0.2, 0) is 22.4 Å². The molecule has 1 saturated heterocycles. The number of anilines is 1. The number of carbonyl (C=O) groups excluding carboxylic acids is 1. The van der Waals surface area contributed by atoms with Crippen LogP contribution in [0.2, 0.25) is 0 Å². The Kier molecular flexibility index (Phi) is 7.20. The van der Waals surface area contributed by atoms with Crippen molar-refractivity contribution in [2.45, 2.75) is 32.8 Å². The zero-order chi connectivity index (χ0) is 25.1. The van der Waals surface area contributed by atoms with Crippen LogP contribution in [0.15, 0.2) is 40.9 Å². The lowest BCUT2D eigenvalue weighted by molar-refractivity contribution is -0.133. The quantitative estimate of drug-likeness (QED) is 0.525. The van der Waals surface area contributed by atoms with E-state index in [0.717, 1.165) is 43.6 Å². The number of hydrogen-bond donors (Lipinski definition) is 1. The van der Waals surface area contributed by atoms with Gasteiger partial charge in [-0.05, 0) is 62.1 Å². The molecule has 0 unspecified atom stereocenters. The van der Waals surface area contributed by atoms with Gasteiger partial charge in [0.15, 0.2) is 0 Å². The van der Waals surface area contributed by atoms with E-state index in [1.165, 1.54) is 11.1 Å². The molecular formula is C27H33N5O4. The molecule has 5 rings (SSSR count). The minimum absolute atomic E-state index is 0.0383. The molecule has 0 bridgehead atoms. The number of nitrogens with two attached hydrogens (primary N) is 1. The maximum Gasteiger partial charge on any atom is 0.258 e. The van der Waals surface area contributed by atoms with E-state index in [2.05, 4.69) is 27.2 Å². The summed E-state index contributed by atoms with van der Waals surface area (Å²) in [5, 5.41) is 4.21. The van der Waals surface area contributed by atoms with Crippen LogP contribution in [-0.4, -0.2) is 77.9 Å². The molecular weight excluding hydrogens is 458 g/mol. The van der Waals surface area contributed by atoms with Crippen molar-refractivity contribution < 1.29 is 18.8 Å². The summed E-state index contributed by atoms with van der Waals surface area (Å²) in [6, 6.07) is 11.7. The molecule has 0 spiro atoms. The van der Waals surface area contributed by atoms with Crippen molar-refractivity contribution in [3.63, 3.8) is 0 Å². The topological polar surface area (TPSA) is 107 Å². The molecule has 2 aliphatic rings. The van der Waals surface area contributed by atoms with Gasteiger partial charge in [0.05, 0.1) is 31.5 Å². The minimum atomic E-state index is 0.0383. The van der Waals surface area contributed by atoms with E-state index in [1.807, 2.05) is 36.9 Å². The first-order valence-electron chi connectivity index (χ1n) is 12.6. The Labute approximate surface area is 211 Å². The number of nitrogen functional groups attached to an aromatic ring is 1. The largest absolute Gasteiger partial charge is 0.489 e. The summed E-state index contributed by atoms with van der Waals surface area (Å²) in [5.74, 6) is 1.76. The summed E-state index contributed by atoms with van der Waals surface area (Å²) >= 11 is 0. The molecule has 2 aromatic carbocycles. The Balaban J connectivity index is 1.27. The number of rotatable bonds is 6. The number of fused-ring (bicyclic) bond motifs is 1. The van der Waals surface area contributed by atoms with Crippen LogP contribution in [0.1, 0.15) is 25.0 Å². The summed E-state index contributed by atoms with van der Waals surface area (Å²) in [5.41, 5.74) is 10.8. The predicted molar refractivity (Wildman–Crippen MR) is 137 cm³/mol. The second-order valence-electron chi connectivity index (χ2n) is 9.60. The third kappa shape index (κ3) is 5.52. The lowest BCUT2D eigenvalue weighted by Gasteiger charge is -2.29. The smallest absolute Gasteiger partial charge is 0.258 e. The predicted octanol–water partition coefficient (Wildman–Crippen LogP) is 3.03. The summed E-state index contributed by atoms with van der Waals surface area (Å²) in [6.07, 6.45) is 1.68. The van der Waals surface area contributed by atoms with Gasteiger partial charge in [-0.2, -0.15) is 4.98 Å². The number of ether oxygens (including phenoxy) is 2. The number of carbonyl (C=O) groups is 1. The van der Waals surface area contributed by atoms with E-state index in [-0.39, 0.29) is 12.0 Å². The molecule has 190 valence electrons. The first kappa shape index (κ1) is 24.3. The highest BCUT2D eigenvalue weighted by Gasteiger charge is 2.22. The maximum atomic E-state index is 12.9. The second-order valence-corrected chi connectivity index (χ2v) is 9.60. The highest BCUT2D eigenvalue weighted by atomic mass is 16.5. The third-order valence-corrected chi connectivity index (χ3v) is 6.63. The molecule has 9 nitrogen and oxygen atoms in total. The SMILES string of the molecule is CC(C)Oc1ccc(-c2nc(-c3ccc4c(c3)CCN(C(=O)CN3CCOCC3)CC4)no2)cc1N. The maximum absolute atomic E-state index is 12.9. The molecule has 2 N–H and O–H groups in total. The van der Waals surface area contributed by atoms with Crippen molar-refractivity contribution in [3.8, 4) is 28.6 Å². The molecule has 0 aliphatic carbocycles. The van der Waals surface area contributed by atoms with Crippen molar-refractivity contribution >= 4 is 11.6 Å². The molecule has 1 aromatic heterocycles. The first-order valence-corrected chi connectivity index (χ1v) is 12.6.